The molecule has 0 bridgehead atoms. The Hall–Kier alpha value is -1.62. The van der Waals surface area contributed by atoms with Crippen molar-refractivity contribution < 1.29 is 14.0 Å². The van der Waals surface area contributed by atoms with Crippen molar-refractivity contribution in [3.05, 3.63) is 35.6 Å². The molecule has 1 atom stereocenters. The van der Waals surface area contributed by atoms with Crippen LogP contribution in [0.4, 0.5) is 4.39 Å². The molecule has 1 fully saturated rings. The van der Waals surface area contributed by atoms with Gasteiger partial charge in [-0.3, -0.25) is 9.59 Å². The van der Waals surface area contributed by atoms with E-state index in [0.29, 0.717) is 44.8 Å². The summed E-state index contributed by atoms with van der Waals surface area (Å²) in [5, 5.41) is 2.85. The van der Waals surface area contributed by atoms with Crippen molar-refractivity contribution in [2.24, 2.45) is 5.92 Å². The standard InChI is InChI=1S/C16H20ClFN2O2/c17-7-1-2-15(21)19-9-13-8-16(22)20(11-13)10-12-3-5-14(18)6-4-12/h3-6,13H,1-2,7-11H2,(H,19,21). The second-order valence-electron chi connectivity index (χ2n) is 5.57. The lowest BCUT2D eigenvalue weighted by Crippen LogP contribution is -2.31. The zero-order valence-corrected chi connectivity index (χ0v) is 13.1. The van der Waals surface area contributed by atoms with Gasteiger partial charge in [-0.2, -0.15) is 0 Å². The smallest absolute Gasteiger partial charge is 0.223 e. The first kappa shape index (κ1) is 16.7. The molecule has 22 heavy (non-hydrogen) atoms. The number of likely N-dealkylation sites (tertiary alicyclic amines) is 1. The molecule has 1 aliphatic heterocycles. The van der Waals surface area contributed by atoms with Gasteiger partial charge in [0.25, 0.3) is 0 Å². The summed E-state index contributed by atoms with van der Waals surface area (Å²) in [6, 6.07) is 6.16. The van der Waals surface area contributed by atoms with Crippen LogP contribution in [0.1, 0.15) is 24.8 Å². The lowest BCUT2D eigenvalue weighted by Gasteiger charge is -2.17. The number of halogens is 2. The highest BCUT2D eigenvalue weighted by Gasteiger charge is 2.29. The zero-order chi connectivity index (χ0) is 15.9. The Morgan fingerprint density at radius 3 is 2.77 bits per heavy atom. The Morgan fingerprint density at radius 2 is 2.09 bits per heavy atom. The largest absolute Gasteiger partial charge is 0.356 e. The van der Waals surface area contributed by atoms with Gasteiger partial charge in [0.15, 0.2) is 0 Å². The molecule has 2 amide bonds. The molecular formula is C16H20ClFN2O2. The summed E-state index contributed by atoms with van der Waals surface area (Å²) in [4.78, 5) is 25.3. The van der Waals surface area contributed by atoms with Crippen molar-refractivity contribution >= 4 is 23.4 Å². The van der Waals surface area contributed by atoms with Crippen molar-refractivity contribution in [1.82, 2.24) is 10.2 Å². The Morgan fingerprint density at radius 1 is 1.36 bits per heavy atom. The molecule has 1 heterocycles. The quantitative estimate of drug-likeness (QED) is 0.782. The van der Waals surface area contributed by atoms with Crippen LogP contribution >= 0.6 is 11.6 Å². The number of amides is 2. The third kappa shape index (κ3) is 4.98. The molecule has 1 aromatic carbocycles. The summed E-state index contributed by atoms with van der Waals surface area (Å²) in [6.07, 6.45) is 1.52. The summed E-state index contributed by atoms with van der Waals surface area (Å²) in [6.45, 7) is 1.61. The fraction of sp³-hybridized carbons (Fsp3) is 0.500. The van der Waals surface area contributed by atoms with Gasteiger partial charge in [-0.1, -0.05) is 12.1 Å². The van der Waals surface area contributed by atoms with Crippen molar-refractivity contribution in [1.29, 1.82) is 0 Å². The second-order valence-corrected chi connectivity index (χ2v) is 5.95. The Kier molecular flexibility index (Phi) is 6.19. The predicted molar refractivity (Wildman–Crippen MR) is 82.9 cm³/mol. The third-order valence-electron chi connectivity index (χ3n) is 3.71. The molecule has 1 N–H and O–H groups in total. The van der Waals surface area contributed by atoms with Gasteiger partial charge in [-0.15, -0.1) is 11.6 Å². The van der Waals surface area contributed by atoms with E-state index in [1.54, 1.807) is 17.0 Å². The highest BCUT2D eigenvalue weighted by Crippen LogP contribution is 2.19. The summed E-state index contributed by atoms with van der Waals surface area (Å²) in [7, 11) is 0. The number of rotatable bonds is 7. The van der Waals surface area contributed by atoms with Crippen LogP contribution in [0.15, 0.2) is 24.3 Å². The van der Waals surface area contributed by atoms with Crippen LogP contribution in [0.5, 0.6) is 0 Å². The van der Waals surface area contributed by atoms with Gasteiger partial charge in [-0.25, -0.2) is 4.39 Å². The van der Waals surface area contributed by atoms with Gasteiger partial charge in [0.2, 0.25) is 11.8 Å². The molecule has 1 saturated heterocycles. The van der Waals surface area contributed by atoms with Crippen LogP contribution in [0.3, 0.4) is 0 Å². The van der Waals surface area contributed by atoms with E-state index in [2.05, 4.69) is 5.32 Å². The van der Waals surface area contributed by atoms with Crippen LogP contribution in [0.25, 0.3) is 0 Å². The number of benzene rings is 1. The number of carbonyl (C=O) groups excluding carboxylic acids is 2. The number of alkyl halides is 1. The molecule has 1 unspecified atom stereocenters. The van der Waals surface area contributed by atoms with E-state index in [4.69, 9.17) is 11.6 Å². The Labute approximate surface area is 134 Å². The summed E-state index contributed by atoms with van der Waals surface area (Å²) in [5.74, 6) is 0.372. The average Bonchev–Trinajstić information content (AvgIpc) is 2.85. The summed E-state index contributed by atoms with van der Waals surface area (Å²) in [5.41, 5.74) is 0.904. The minimum atomic E-state index is -0.283. The molecule has 0 aromatic heterocycles. The van der Waals surface area contributed by atoms with E-state index in [-0.39, 0.29) is 23.5 Å². The maximum Gasteiger partial charge on any atom is 0.223 e. The first-order chi connectivity index (χ1) is 10.6. The SMILES string of the molecule is O=C(CCCCl)NCC1CC(=O)N(Cc2ccc(F)cc2)C1. The van der Waals surface area contributed by atoms with E-state index < -0.39 is 0 Å². The van der Waals surface area contributed by atoms with Gasteiger partial charge in [0.1, 0.15) is 5.82 Å². The van der Waals surface area contributed by atoms with Gasteiger partial charge in [-0.05, 0) is 24.1 Å². The maximum atomic E-state index is 12.9. The number of carbonyl (C=O) groups is 2. The molecular weight excluding hydrogens is 307 g/mol. The van der Waals surface area contributed by atoms with Crippen LogP contribution < -0.4 is 5.32 Å². The molecule has 0 saturated carbocycles. The zero-order valence-electron chi connectivity index (χ0n) is 12.4. The normalized spacial score (nSPS) is 17.8. The average molecular weight is 327 g/mol. The maximum absolute atomic E-state index is 12.9. The number of hydrogen-bond acceptors (Lipinski definition) is 2. The molecule has 2 rings (SSSR count). The monoisotopic (exact) mass is 326 g/mol. The van der Waals surface area contributed by atoms with Crippen LogP contribution in [0.2, 0.25) is 0 Å². The Bertz CT molecular complexity index is 521. The van der Waals surface area contributed by atoms with Gasteiger partial charge < -0.3 is 10.2 Å². The van der Waals surface area contributed by atoms with Crippen molar-refractivity contribution in [3.63, 3.8) is 0 Å². The first-order valence-corrected chi connectivity index (χ1v) is 7.97. The molecule has 0 aliphatic carbocycles. The van der Waals surface area contributed by atoms with E-state index in [9.17, 15) is 14.0 Å². The molecule has 1 aliphatic rings. The minimum Gasteiger partial charge on any atom is -0.356 e. The topological polar surface area (TPSA) is 49.4 Å². The van der Waals surface area contributed by atoms with Crippen LogP contribution in [-0.4, -0.2) is 35.7 Å². The lowest BCUT2D eigenvalue weighted by molar-refractivity contribution is -0.128. The molecule has 0 spiro atoms. The predicted octanol–water partition coefficient (Wildman–Crippen LogP) is 2.31. The second kappa shape index (κ2) is 8.13. The fourth-order valence-electron chi connectivity index (χ4n) is 2.53. The lowest BCUT2D eigenvalue weighted by atomic mass is 10.1. The van der Waals surface area contributed by atoms with E-state index >= 15 is 0 Å². The number of nitrogens with one attached hydrogen (secondary N) is 1. The van der Waals surface area contributed by atoms with Crippen molar-refractivity contribution in [2.75, 3.05) is 19.0 Å². The first-order valence-electron chi connectivity index (χ1n) is 7.43. The van der Waals surface area contributed by atoms with Gasteiger partial charge >= 0.3 is 0 Å². The fourth-order valence-corrected chi connectivity index (χ4v) is 2.66. The highest BCUT2D eigenvalue weighted by atomic mass is 35.5. The number of hydrogen-bond donors (Lipinski definition) is 1. The molecule has 4 nitrogen and oxygen atoms in total. The molecule has 120 valence electrons. The Balaban J connectivity index is 1.78. The van der Waals surface area contributed by atoms with E-state index in [1.165, 1.54) is 12.1 Å². The van der Waals surface area contributed by atoms with Crippen molar-refractivity contribution in [3.8, 4) is 0 Å². The van der Waals surface area contributed by atoms with Crippen molar-refractivity contribution in [2.45, 2.75) is 25.8 Å². The number of nitrogens with zero attached hydrogens (tertiary/aromatic N) is 1. The van der Waals surface area contributed by atoms with E-state index in [0.717, 1.165) is 5.56 Å². The van der Waals surface area contributed by atoms with Crippen LogP contribution in [0, 0.1) is 11.7 Å². The van der Waals surface area contributed by atoms with E-state index in [1.807, 2.05) is 0 Å². The minimum absolute atomic E-state index is 0.0231. The summed E-state index contributed by atoms with van der Waals surface area (Å²) >= 11 is 5.54. The van der Waals surface area contributed by atoms with Gasteiger partial charge in [0, 0.05) is 44.3 Å². The van der Waals surface area contributed by atoms with Gasteiger partial charge in [0.05, 0.1) is 0 Å². The molecule has 1 aromatic rings. The molecule has 6 heteroatoms. The summed E-state index contributed by atoms with van der Waals surface area (Å²) < 4.78 is 12.9. The highest BCUT2D eigenvalue weighted by molar-refractivity contribution is 6.17. The van der Waals surface area contributed by atoms with Crippen LogP contribution in [-0.2, 0) is 16.1 Å². The molecule has 0 radical (unpaired) electrons. The third-order valence-corrected chi connectivity index (χ3v) is 3.97.